The molecule has 0 spiro atoms. The van der Waals surface area contributed by atoms with E-state index < -0.39 is 0 Å². The third kappa shape index (κ3) is 3.62. The Balaban J connectivity index is 3.40. The van der Waals surface area contributed by atoms with E-state index in [-0.39, 0.29) is 0 Å². The van der Waals surface area contributed by atoms with Crippen molar-refractivity contribution in [2.45, 2.75) is 6.92 Å². The average Bonchev–Trinajstić information content (AvgIpc) is 1.83. The Bertz CT molecular complexity index is 92.6. The molecule has 0 rings (SSSR count). The Morgan fingerprint density at radius 1 is 1.75 bits per heavy atom. The van der Waals surface area contributed by atoms with E-state index >= 15 is 0 Å². The van der Waals surface area contributed by atoms with Crippen LogP contribution in [0, 0.1) is 0 Å². The summed E-state index contributed by atoms with van der Waals surface area (Å²) in [5.41, 5.74) is 1.16. The molecule has 0 saturated carbocycles. The first kappa shape index (κ1) is 7.44. The highest BCUT2D eigenvalue weighted by Crippen LogP contribution is 1.90. The van der Waals surface area contributed by atoms with Crippen molar-refractivity contribution in [3.05, 3.63) is 24.3 Å². The maximum Gasteiger partial charge on any atom is 0.0649 e. The molecule has 1 nitrogen and oxygen atoms in total. The van der Waals surface area contributed by atoms with Gasteiger partial charge in [-0.25, -0.2) is 0 Å². The van der Waals surface area contributed by atoms with Gasteiger partial charge in [0.2, 0.25) is 0 Å². The lowest BCUT2D eigenvalue weighted by atomic mass is 10.3. The van der Waals surface area contributed by atoms with Gasteiger partial charge < -0.3 is 4.74 Å². The smallest absolute Gasteiger partial charge is 0.0649 e. The van der Waals surface area contributed by atoms with Gasteiger partial charge in [0, 0.05) is 7.11 Å². The fourth-order valence-electron chi connectivity index (χ4n) is 0.298. The molecule has 46 valence electrons. The van der Waals surface area contributed by atoms with E-state index in [4.69, 9.17) is 4.74 Å². The molecule has 0 unspecified atom stereocenters. The molecular formula is C7H12O. The summed E-state index contributed by atoms with van der Waals surface area (Å²) in [6, 6.07) is 0. The lowest BCUT2D eigenvalue weighted by molar-refractivity contribution is 0.233. The Kier molecular flexibility index (Phi) is 4.27. The molecule has 0 aromatic carbocycles. The summed E-state index contributed by atoms with van der Waals surface area (Å²) in [7, 11) is 1.67. The summed E-state index contributed by atoms with van der Waals surface area (Å²) in [6.45, 7) is 6.26. The summed E-state index contributed by atoms with van der Waals surface area (Å²) >= 11 is 0. The minimum Gasteiger partial charge on any atom is -0.381 e. The van der Waals surface area contributed by atoms with Crippen molar-refractivity contribution in [2.75, 3.05) is 13.7 Å². The highest BCUT2D eigenvalue weighted by atomic mass is 16.5. The van der Waals surface area contributed by atoms with Crippen LogP contribution in [0.25, 0.3) is 0 Å². The molecule has 0 saturated heterocycles. The van der Waals surface area contributed by atoms with E-state index in [0.717, 1.165) is 5.57 Å². The molecule has 0 aromatic heterocycles. The lowest BCUT2D eigenvalue weighted by Crippen LogP contribution is -1.81. The SMILES string of the molecule is C=CC(C)=CCOC. The fourth-order valence-corrected chi connectivity index (χ4v) is 0.298. The molecule has 0 N–H and O–H groups in total. The van der Waals surface area contributed by atoms with Crippen molar-refractivity contribution >= 4 is 0 Å². The van der Waals surface area contributed by atoms with Gasteiger partial charge in [-0.15, -0.1) is 0 Å². The van der Waals surface area contributed by atoms with Crippen LogP contribution in [-0.4, -0.2) is 13.7 Å². The summed E-state index contributed by atoms with van der Waals surface area (Å²) in [6.07, 6.45) is 3.78. The fraction of sp³-hybridized carbons (Fsp3) is 0.429. The van der Waals surface area contributed by atoms with Crippen LogP contribution in [0.2, 0.25) is 0 Å². The van der Waals surface area contributed by atoms with Crippen LogP contribution in [0.3, 0.4) is 0 Å². The molecule has 0 aliphatic rings. The van der Waals surface area contributed by atoms with Gasteiger partial charge in [0.15, 0.2) is 0 Å². The minimum absolute atomic E-state index is 0.678. The van der Waals surface area contributed by atoms with E-state index in [1.807, 2.05) is 13.0 Å². The van der Waals surface area contributed by atoms with E-state index in [9.17, 15) is 0 Å². The van der Waals surface area contributed by atoms with Crippen LogP contribution in [0.4, 0.5) is 0 Å². The molecule has 0 amide bonds. The number of methoxy groups -OCH3 is 1. The van der Waals surface area contributed by atoms with Crippen molar-refractivity contribution < 1.29 is 4.74 Å². The van der Waals surface area contributed by atoms with Gasteiger partial charge in [-0.3, -0.25) is 0 Å². The molecule has 0 aliphatic heterocycles. The topological polar surface area (TPSA) is 9.23 Å². The molecule has 0 heterocycles. The second kappa shape index (κ2) is 4.60. The van der Waals surface area contributed by atoms with Gasteiger partial charge in [-0.2, -0.15) is 0 Å². The molecule has 0 fully saturated rings. The highest BCUT2D eigenvalue weighted by Gasteiger charge is 1.75. The molecule has 1 heteroatoms. The normalized spacial score (nSPS) is 11.5. The molecule has 0 radical (unpaired) electrons. The third-order valence-corrected chi connectivity index (χ3v) is 0.894. The van der Waals surface area contributed by atoms with Gasteiger partial charge in [0.05, 0.1) is 6.61 Å². The summed E-state index contributed by atoms with van der Waals surface area (Å²) in [5.74, 6) is 0. The van der Waals surface area contributed by atoms with Crippen molar-refractivity contribution in [1.29, 1.82) is 0 Å². The Hall–Kier alpha value is -0.560. The average molecular weight is 112 g/mol. The number of allylic oxidation sites excluding steroid dienone is 2. The Morgan fingerprint density at radius 2 is 2.38 bits per heavy atom. The zero-order valence-corrected chi connectivity index (χ0v) is 5.48. The predicted octanol–water partition coefficient (Wildman–Crippen LogP) is 1.77. The first-order chi connectivity index (χ1) is 3.81. The molecule has 0 aliphatic carbocycles. The quantitative estimate of drug-likeness (QED) is 0.505. The Morgan fingerprint density at radius 3 is 2.75 bits per heavy atom. The van der Waals surface area contributed by atoms with Gasteiger partial charge in [-0.1, -0.05) is 24.3 Å². The highest BCUT2D eigenvalue weighted by molar-refractivity contribution is 5.12. The monoisotopic (exact) mass is 112 g/mol. The van der Waals surface area contributed by atoms with Gasteiger partial charge in [0.1, 0.15) is 0 Å². The maximum atomic E-state index is 4.79. The third-order valence-electron chi connectivity index (χ3n) is 0.894. The van der Waals surface area contributed by atoms with Crippen LogP contribution < -0.4 is 0 Å². The van der Waals surface area contributed by atoms with E-state index in [0.29, 0.717) is 6.61 Å². The Labute approximate surface area is 50.7 Å². The van der Waals surface area contributed by atoms with Crippen LogP contribution in [0.15, 0.2) is 24.3 Å². The second-order valence-corrected chi connectivity index (χ2v) is 1.61. The predicted molar refractivity (Wildman–Crippen MR) is 35.8 cm³/mol. The molecular weight excluding hydrogens is 100 g/mol. The first-order valence-corrected chi connectivity index (χ1v) is 2.59. The molecule has 0 bridgehead atoms. The summed E-state index contributed by atoms with van der Waals surface area (Å²) in [5, 5.41) is 0. The van der Waals surface area contributed by atoms with Crippen LogP contribution in [0.5, 0.6) is 0 Å². The lowest BCUT2D eigenvalue weighted by Gasteiger charge is -1.89. The van der Waals surface area contributed by atoms with Crippen LogP contribution in [0.1, 0.15) is 6.92 Å². The standard InChI is InChI=1S/C7H12O/c1-4-7(2)5-6-8-3/h4-5H,1,6H2,2-3H3. The molecule has 0 atom stereocenters. The summed E-state index contributed by atoms with van der Waals surface area (Å²) in [4.78, 5) is 0. The zero-order chi connectivity index (χ0) is 6.41. The number of rotatable bonds is 3. The van der Waals surface area contributed by atoms with Crippen molar-refractivity contribution in [1.82, 2.24) is 0 Å². The number of hydrogen-bond acceptors (Lipinski definition) is 1. The largest absolute Gasteiger partial charge is 0.381 e. The van der Waals surface area contributed by atoms with Crippen molar-refractivity contribution in [2.24, 2.45) is 0 Å². The first-order valence-electron chi connectivity index (χ1n) is 2.59. The van der Waals surface area contributed by atoms with E-state index in [1.165, 1.54) is 0 Å². The summed E-state index contributed by atoms with van der Waals surface area (Å²) < 4.78 is 4.79. The minimum atomic E-state index is 0.678. The maximum absolute atomic E-state index is 4.79. The number of ether oxygens (including phenoxy) is 1. The van der Waals surface area contributed by atoms with Crippen molar-refractivity contribution in [3.63, 3.8) is 0 Å². The second-order valence-electron chi connectivity index (χ2n) is 1.61. The van der Waals surface area contributed by atoms with Gasteiger partial charge in [-0.05, 0) is 6.92 Å². The van der Waals surface area contributed by atoms with Gasteiger partial charge >= 0.3 is 0 Å². The van der Waals surface area contributed by atoms with E-state index in [1.54, 1.807) is 13.2 Å². The molecule has 0 aromatic rings. The van der Waals surface area contributed by atoms with Crippen LogP contribution in [-0.2, 0) is 4.74 Å². The van der Waals surface area contributed by atoms with Crippen LogP contribution >= 0.6 is 0 Å². The van der Waals surface area contributed by atoms with E-state index in [2.05, 4.69) is 6.58 Å². The number of hydrogen-bond donors (Lipinski definition) is 0. The zero-order valence-electron chi connectivity index (χ0n) is 5.48. The van der Waals surface area contributed by atoms with Crippen molar-refractivity contribution in [3.8, 4) is 0 Å². The van der Waals surface area contributed by atoms with Gasteiger partial charge in [0.25, 0.3) is 0 Å². The molecule has 8 heavy (non-hydrogen) atoms.